The second kappa shape index (κ2) is 11.1. The SMILES string of the molecule is C=CCOC(=O)C1=C(C)Nc2nc(SCc3ccccc3)nn2C1c1cccc(OCCC)c1. The van der Waals surface area contributed by atoms with Crippen LogP contribution in [0.4, 0.5) is 5.95 Å². The molecule has 0 amide bonds. The van der Waals surface area contributed by atoms with Gasteiger partial charge in [-0.05, 0) is 36.6 Å². The molecule has 0 spiro atoms. The molecule has 4 rings (SSSR count). The van der Waals surface area contributed by atoms with Crippen LogP contribution in [-0.4, -0.2) is 33.9 Å². The van der Waals surface area contributed by atoms with Gasteiger partial charge in [-0.15, -0.1) is 5.10 Å². The predicted octanol–water partition coefficient (Wildman–Crippen LogP) is 5.38. The Morgan fingerprint density at radius 3 is 2.82 bits per heavy atom. The molecule has 34 heavy (non-hydrogen) atoms. The third-order valence-electron chi connectivity index (χ3n) is 5.24. The van der Waals surface area contributed by atoms with Gasteiger partial charge in [-0.3, -0.25) is 0 Å². The first-order chi connectivity index (χ1) is 16.6. The van der Waals surface area contributed by atoms with Crippen molar-refractivity contribution >= 4 is 23.7 Å². The number of thioether (sulfide) groups is 1. The van der Waals surface area contributed by atoms with Gasteiger partial charge in [0.2, 0.25) is 11.1 Å². The molecule has 1 N–H and O–H groups in total. The molecular formula is C26H28N4O3S. The lowest BCUT2D eigenvalue weighted by molar-refractivity contribution is -0.138. The Bertz CT molecular complexity index is 1190. The van der Waals surface area contributed by atoms with E-state index < -0.39 is 12.0 Å². The third kappa shape index (κ3) is 5.34. The molecule has 0 aliphatic carbocycles. The number of fused-ring (bicyclic) bond motifs is 1. The van der Waals surface area contributed by atoms with Crippen molar-refractivity contribution < 1.29 is 14.3 Å². The summed E-state index contributed by atoms with van der Waals surface area (Å²) in [5.41, 5.74) is 3.21. The molecule has 1 atom stereocenters. The molecule has 1 aliphatic rings. The summed E-state index contributed by atoms with van der Waals surface area (Å²) in [6.45, 7) is 8.30. The number of ether oxygens (including phenoxy) is 2. The summed E-state index contributed by atoms with van der Waals surface area (Å²) in [6, 6.07) is 17.4. The molecule has 0 saturated heterocycles. The van der Waals surface area contributed by atoms with Gasteiger partial charge < -0.3 is 14.8 Å². The molecule has 1 aliphatic heterocycles. The summed E-state index contributed by atoms with van der Waals surface area (Å²) < 4.78 is 13.0. The molecule has 0 radical (unpaired) electrons. The number of anilines is 1. The lowest BCUT2D eigenvalue weighted by Gasteiger charge is -2.28. The van der Waals surface area contributed by atoms with Gasteiger partial charge >= 0.3 is 5.97 Å². The van der Waals surface area contributed by atoms with E-state index in [9.17, 15) is 4.79 Å². The van der Waals surface area contributed by atoms with Crippen LogP contribution >= 0.6 is 11.8 Å². The highest BCUT2D eigenvalue weighted by Gasteiger charge is 2.35. The highest BCUT2D eigenvalue weighted by atomic mass is 32.2. The van der Waals surface area contributed by atoms with Crippen molar-refractivity contribution in [1.82, 2.24) is 14.8 Å². The molecule has 0 fully saturated rings. The van der Waals surface area contributed by atoms with Gasteiger partial charge in [0.15, 0.2) is 0 Å². The van der Waals surface area contributed by atoms with Crippen molar-refractivity contribution in [2.24, 2.45) is 0 Å². The van der Waals surface area contributed by atoms with Gasteiger partial charge in [-0.2, -0.15) is 4.98 Å². The number of hydrogen-bond acceptors (Lipinski definition) is 7. The molecular weight excluding hydrogens is 448 g/mol. The van der Waals surface area contributed by atoms with Crippen LogP contribution in [0.2, 0.25) is 0 Å². The molecule has 8 heteroatoms. The Morgan fingerprint density at radius 1 is 1.24 bits per heavy atom. The summed E-state index contributed by atoms with van der Waals surface area (Å²) in [5, 5.41) is 8.63. The monoisotopic (exact) mass is 476 g/mol. The smallest absolute Gasteiger partial charge is 0.338 e. The van der Waals surface area contributed by atoms with Gasteiger partial charge in [-0.1, -0.05) is 73.8 Å². The molecule has 176 valence electrons. The number of hydrogen-bond donors (Lipinski definition) is 1. The number of nitrogens with one attached hydrogen (secondary N) is 1. The summed E-state index contributed by atoms with van der Waals surface area (Å²) in [4.78, 5) is 17.8. The summed E-state index contributed by atoms with van der Waals surface area (Å²) in [6.07, 6.45) is 2.46. The van der Waals surface area contributed by atoms with Crippen LogP contribution in [0.3, 0.4) is 0 Å². The van der Waals surface area contributed by atoms with Gasteiger partial charge in [0, 0.05) is 11.4 Å². The third-order valence-corrected chi connectivity index (χ3v) is 6.15. The van der Waals surface area contributed by atoms with Crippen molar-refractivity contribution in [1.29, 1.82) is 0 Å². The zero-order valence-corrected chi connectivity index (χ0v) is 20.2. The molecule has 3 aromatic rings. The van der Waals surface area contributed by atoms with E-state index in [-0.39, 0.29) is 6.61 Å². The van der Waals surface area contributed by atoms with Crippen molar-refractivity contribution in [3.63, 3.8) is 0 Å². The first-order valence-corrected chi connectivity index (χ1v) is 12.2. The highest BCUT2D eigenvalue weighted by molar-refractivity contribution is 7.98. The second-order valence-corrected chi connectivity index (χ2v) is 8.75. The molecule has 0 saturated carbocycles. The van der Waals surface area contributed by atoms with Crippen LogP contribution < -0.4 is 10.1 Å². The number of aromatic nitrogens is 3. The number of allylic oxidation sites excluding steroid dienone is 1. The Labute approximate surface area is 203 Å². The number of carbonyl (C=O) groups excluding carboxylic acids is 1. The molecule has 7 nitrogen and oxygen atoms in total. The van der Waals surface area contributed by atoms with Gasteiger partial charge in [-0.25, -0.2) is 9.48 Å². The average Bonchev–Trinajstić information content (AvgIpc) is 3.27. The largest absolute Gasteiger partial charge is 0.494 e. The summed E-state index contributed by atoms with van der Waals surface area (Å²) in [5.74, 6) is 1.65. The van der Waals surface area contributed by atoms with Crippen molar-refractivity contribution in [2.45, 2.75) is 37.2 Å². The maximum Gasteiger partial charge on any atom is 0.338 e. The molecule has 2 aromatic carbocycles. The van der Waals surface area contributed by atoms with Crippen LogP contribution in [0, 0.1) is 0 Å². The van der Waals surface area contributed by atoms with E-state index in [1.165, 1.54) is 5.56 Å². The maximum atomic E-state index is 13.1. The predicted molar refractivity (Wildman–Crippen MR) is 134 cm³/mol. The lowest BCUT2D eigenvalue weighted by atomic mass is 9.95. The first kappa shape index (κ1) is 23.6. The fourth-order valence-corrected chi connectivity index (χ4v) is 4.48. The van der Waals surface area contributed by atoms with Gasteiger partial charge in [0.05, 0.1) is 12.2 Å². The van der Waals surface area contributed by atoms with Crippen molar-refractivity contribution in [3.8, 4) is 5.75 Å². The normalized spacial score (nSPS) is 14.8. The second-order valence-electron chi connectivity index (χ2n) is 7.81. The van der Waals surface area contributed by atoms with E-state index >= 15 is 0 Å². The summed E-state index contributed by atoms with van der Waals surface area (Å²) in [7, 11) is 0. The molecule has 2 heterocycles. The Kier molecular flexibility index (Phi) is 7.69. The topological polar surface area (TPSA) is 78.3 Å². The summed E-state index contributed by atoms with van der Waals surface area (Å²) >= 11 is 1.55. The standard InChI is InChI=1S/C26H28N4O3S/c1-4-14-32-21-13-9-12-20(16-21)23-22(24(31)33-15-5-2)18(3)27-25-28-26(29-30(23)25)34-17-19-10-7-6-8-11-19/h5-13,16,23H,2,4,14-15,17H2,1,3H3,(H,27,28,29). The Morgan fingerprint density at radius 2 is 2.06 bits per heavy atom. The number of carbonyl (C=O) groups is 1. The first-order valence-electron chi connectivity index (χ1n) is 11.2. The maximum absolute atomic E-state index is 13.1. The van der Waals surface area contributed by atoms with Crippen molar-refractivity contribution in [3.05, 3.63) is 89.6 Å². The fraction of sp³-hybridized carbons (Fsp3) is 0.269. The van der Waals surface area contributed by atoms with Gasteiger partial charge in [0.25, 0.3) is 0 Å². The quantitative estimate of drug-likeness (QED) is 0.239. The average molecular weight is 477 g/mol. The lowest BCUT2D eigenvalue weighted by Crippen LogP contribution is -2.29. The molecule has 1 unspecified atom stereocenters. The van der Waals surface area contributed by atoms with E-state index in [0.29, 0.717) is 29.0 Å². The van der Waals surface area contributed by atoms with Gasteiger partial charge in [0.1, 0.15) is 18.4 Å². The van der Waals surface area contributed by atoms with Crippen LogP contribution in [0.15, 0.2) is 83.7 Å². The number of nitrogens with zero attached hydrogens (tertiary/aromatic N) is 3. The van der Waals surface area contributed by atoms with E-state index in [2.05, 4.69) is 35.9 Å². The van der Waals surface area contributed by atoms with Crippen LogP contribution in [0.5, 0.6) is 5.75 Å². The van der Waals surface area contributed by atoms with E-state index in [1.54, 1.807) is 22.5 Å². The van der Waals surface area contributed by atoms with E-state index in [1.807, 2.05) is 49.4 Å². The number of esters is 1. The number of rotatable bonds is 10. The Hall–Kier alpha value is -3.52. The van der Waals surface area contributed by atoms with Crippen LogP contribution in [-0.2, 0) is 15.3 Å². The minimum Gasteiger partial charge on any atom is -0.494 e. The van der Waals surface area contributed by atoms with E-state index in [0.717, 1.165) is 23.5 Å². The van der Waals surface area contributed by atoms with Crippen LogP contribution in [0.1, 0.15) is 37.4 Å². The Balaban J connectivity index is 1.69. The number of benzene rings is 2. The highest BCUT2D eigenvalue weighted by Crippen LogP contribution is 2.38. The van der Waals surface area contributed by atoms with Crippen LogP contribution in [0.25, 0.3) is 0 Å². The molecule has 0 bridgehead atoms. The van der Waals surface area contributed by atoms with E-state index in [4.69, 9.17) is 14.6 Å². The minimum atomic E-state index is -0.502. The molecule has 1 aromatic heterocycles. The minimum absolute atomic E-state index is 0.129. The zero-order chi connectivity index (χ0) is 23.9. The van der Waals surface area contributed by atoms with Crippen molar-refractivity contribution in [2.75, 3.05) is 18.5 Å². The zero-order valence-electron chi connectivity index (χ0n) is 19.4. The fourth-order valence-electron chi connectivity index (χ4n) is 3.69.